The number of pyridine rings is 1. The molecule has 4 rings (SSSR count). The van der Waals surface area contributed by atoms with Gasteiger partial charge in [0, 0.05) is 24.0 Å². The van der Waals surface area contributed by atoms with Crippen molar-refractivity contribution >= 4 is 21.6 Å². The fourth-order valence-corrected chi connectivity index (χ4v) is 4.90. The molecule has 3 aromatic rings. The van der Waals surface area contributed by atoms with Crippen LogP contribution < -0.4 is 14.8 Å². The lowest BCUT2D eigenvalue weighted by Crippen LogP contribution is -2.31. The van der Waals surface area contributed by atoms with Gasteiger partial charge in [0.2, 0.25) is 5.88 Å². The van der Waals surface area contributed by atoms with E-state index >= 15 is 0 Å². The number of nitrogens with one attached hydrogen (secondary N) is 2. The van der Waals surface area contributed by atoms with Gasteiger partial charge in [-0.1, -0.05) is 13.0 Å². The van der Waals surface area contributed by atoms with Gasteiger partial charge < -0.3 is 10.1 Å². The van der Waals surface area contributed by atoms with Crippen molar-refractivity contribution in [2.75, 3.05) is 4.72 Å². The molecule has 0 fully saturated rings. The number of rotatable bonds is 8. The first kappa shape index (κ1) is 23.8. The Morgan fingerprint density at radius 1 is 1.03 bits per heavy atom. The number of fused-ring (bicyclic) bond motifs is 1. The summed E-state index contributed by atoms with van der Waals surface area (Å²) >= 11 is 0. The van der Waals surface area contributed by atoms with E-state index < -0.39 is 10.0 Å². The van der Waals surface area contributed by atoms with Crippen LogP contribution in [0.25, 0.3) is 0 Å². The van der Waals surface area contributed by atoms with Crippen LogP contribution in [0.1, 0.15) is 54.6 Å². The summed E-state index contributed by atoms with van der Waals surface area (Å²) in [5.41, 5.74) is 3.26. The minimum absolute atomic E-state index is 0.0895. The molecule has 2 aromatic carbocycles. The highest BCUT2D eigenvalue weighted by Gasteiger charge is 2.18. The number of anilines is 1. The number of nitrogens with zero attached hydrogens (tertiary/aromatic N) is 1. The number of aryl methyl sites for hydroxylation is 2. The minimum atomic E-state index is -3.68. The van der Waals surface area contributed by atoms with Gasteiger partial charge in [0.15, 0.2) is 0 Å². The molecule has 1 heterocycles. The molecule has 0 spiro atoms. The van der Waals surface area contributed by atoms with Crippen LogP contribution in [0.4, 0.5) is 5.69 Å². The fraction of sp³-hybridized carbons (Fsp3) is 0.308. The number of carbonyl (C=O) groups excluding carboxylic acids is 1. The maximum absolute atomic E-state index is 12.9. The van der Waals surface area contributed by atoms with Crippen LogP contribution in [0.2, 0.25) is 0 Å². The van der Waals surface area contributed by atoms with E-state index in [-0.39, 0.29) is 16.8 Å². The Morgan fingerprint density at radius 2 is 1.76 bits per heavy atom. The SMILES string of the molecule is CCC(C)NC(=O)c1ccc(Oc2ccc(NS(=O)(=O)c3ccc4c(c3)CCCC4)cc2)nc1. The van der Waals surface area contributed by atoms with Gasteiger partial charge in [-0.05, 0) is 92.6 Å². The van der Waals surface area contributed by atoms with Crippen molar-refractivity contribution in [3.8, 4) is 11.6 Å². The summed E-state index contributed by atoms with van der Waals surface area (Å²) in [6.07, 6.45) is 6.48. The maximum Gasteiger partial charge on any atom is 0.261 e. The Bertz CT molecular complexity index is 1260. The van der Waals surface area contributed by atoms with Gasteiger partial charge in [-0.25, -0.2) is 13.4 Å². The number of hydrogen-bond acceptors (Lipinski definition) is 5. The molecular formula is C26H29N3O4S. The third-order valence-electron chi connectivity index (χ3n) is 5.95. The van der Waals surface area contributed by atoms with E-state index in [2.05, 4.69) is 15.0 Å². The van der Waals surface area contributed by atoms with Gasteiger partial charge >= 0.3 is 0 Å². The zero-order valence-corrected chi connectivity index (χ0v) is 20.2. The van der Waals surface area contributed by atoms with Crippen molar-refractivity contribution in [3.05, 3.63) is 77.5 Å². The van der Waals surface area contributed by atoms with E-state index in [0.29, 0.717) is 22.9 Å². The molecule has 0 aliphatic heterocycles. The molecule has 0 saturated heterocycles. The lowest BCUT2D eigenvalue weighted by molar-refractivity contribution is 0.0939. The lowest BCUT2D eigenvalue weighted by atomic mass is 9.92. The van der Waals surface area contributed by atoms with Crippen LogP contribution in [-0.2, 0) is 22.9 Å². The van der Waals surface area contributed by atoms with Crippen molar-refractivity contribution in [3.63, 3.8) is 0 Å². The molecule has 1 amide bonds. The van der Waals surface area contributed by atoms with Gasteiger partial charge in [0.1, 0.15) is 5.75 Å². The monoisotopic (exact) mass is 479 g/mol. The van der Waals surface area contributed by atoms with Gasteiger partial charge in [0.25, 0.3) is 15.9 Å². The maximum atomic E-state index is 12.9. The third kappa shape index (κ3) is 5.75. The summed E-state index contributed by atoms with van der Waals surface area (Å²) < 4.78 is 34.1. The first-order chi connectivity index (χ1) is 16.3. The van der Waals surface area contributed by atoms with E-state index in [1.54, 1.807) is 48.5 Å². The standard InChI is InChI=1S/C26H29N3O4S/c1-3-18(2)28-26(30)21-9-15-25(27-17-21)33-23-12-10-22(11-13-23)29-34(31,32)24-14-8-19-6-4-5-7-20(19)16-24/h8-18,29H,3-7H2,1-2H3,(H,28,30). The summed E-state index contributed by atoms with van der Waals surface area (Å²) in [6, 6.07) is 15.3. The first-order valence-corrected chi connectivity index (χ1v) is 13.0. The fourth-order valence-electron chi connectivity index (χ4n) is 3.79. The second kappa shape index (κ2) is 10.3. The van der Waals surface area contributed by atoms with E-state index in [0.717, 1.165) is 37.7 Å². The number of ether oxygens (including phenoxy) is 1. The summed E-state index contributed by atoms with van der Waals surface area (Å²) in [6.45, 7) is 3.95. The van der Waals surface area contributed by atoms with Crippen molar-refractivity contribution in [1.29, 1.82) is 0 Å². The van der Waals surface area contributed by atoms with Crippen LogP contribution in [0, 0.1) is 0 Å². The molecule has 8 heteroatoms. The predicted molar refractivity (Wildman–Crippen MR) is 132 cm³/mol. The predicted octanol–water partition coefficient (Wildman–Crippen LogP) is 5.08. The molecule has 1 aliphatic rings. The molecule has 0 saturated carbocycles. The van der Waals surface area contributed by atoms with Crippen LogP contribution in [-0.4, -0.2) is 25.4 Å². The normalized spacial score (nSPS) is 14.1. The molecule has 0 radical (unpaired) electrons. The second-order valence-electron chi connectivity index (χ2n) is 8.54. The van der Waals surface area contributed by atoms with Crippen LogP contribution >= 0.6 is 0 Å². The molecule has 2 N–H and O–H groups in total. The van der Waals surface area contributed by atoms with Crippen molar-refractivity contribution in [1.82, 2.24) is 10.3 Å². The quantitative estimate of drug-likeness (QED) is 0.469. The molecule has 7 nitrogen and oxygen atoms in total. The highest BCUT2D eigenvalue weighted by atomic mass is 32.2. The van der Waals surface area contributed by atoms with Gasteiger partial charge in [-0.3, -0.25) is 9.52 Å². The number of aromatic nitrogens is 1. The highest BCUT2D eigenvalue weighted by molar-refractivity contribution is 7.92. The smallest absolute Gasteiger partial charge is 0.261 e. The molecule has 1 unspecified atom stereocenters. The van der Waals surface area contributed by atoms with E-state index in [4.69, 9.17) is 4.74 Å². The summed E-state index contributed by atoms with van der Waals surface area (Å²) in [5, 5.41) is 2.89. The number of sulfonamides is 1. The zero-order chi connectivity index (χ0) is 24.1. The molecule has 1 aromatic heterocycles. The Balaban J connectivity index is 1.39. The molecule has 34 heavy (non-hydrogen) atoms. The number of carbonyl (C=O) groups is 1. The summed E-state index contributed by atoms with van der Waals surface area (Å²) in [5.74, 6) is 0.660. The van der Waals surface area contributed by atoms with Crippen LogP contribution in [0.3, 0.4) is 0 Å². The van der Waals surface area contributed by atoms with Crippen LogP contribution in [0.5, 0.6) is 11.6 Å². The topological polar surface area (TPSA) is 97.4 Å². The van der Waals surface area contributed by atoms with Crippen molar-refractivity contribution in [2.45, 2.75) is 56.9 Å². The lowest BCUT2D eigenvalue weighted by Gasteiger charge is -2.17. The molecule has 1 aliphatic carbocycles. The Morgan fingerprint density at radius 3 is 2.44 bits per heavy atom. The number of amides is 1. The Hall–Kier alpha value is -3.39. The van der Waals surface area contributed by atoms with Gasteiger partial charge in [-0.2, -0.15) is 0 Å². The largest absolute Gasteiger partial charge is 0.439 e. The molecule has 1 atom stereocenters. The zero-order valence-electron chi connectivity index (χ0n) is 19.4. The third-order valence-corrected chi connectivity index (χ3v) is 7.33. The minimum Gasteiger partial charge on any atom is -0.439 e. The average Bonchev–Trinajstić information content (AvgIpc) is 2.85. The van der Waals surface area contributed by atoms with Crippen molar-refractivity contribution in [2.24, 2.45) is 0 Å². The van der Waals surface area contributed by atoms with E-state index in [1.165, 1.54) is 11.8 Å². The average molecular weight is 480 g/mol. The molecule has 0 bridgehead atoms. The Labute approximate surface area is 200 Å². The number of benzene rings is 2. The Kier molecular flexibility index (Phi) is 7.17. The van der Waals surface area contributed by atoms with Crippen LogP contribution in [0.15, 0.2) is 65.7 Å². The molecular weight excluding hydrogens is 450 g/mol. The van der Waals surface area contributed by atoms with E-state index in [1.807, 2.05) is 19.9 Å². The van der Waals surface area contributed by atoms with Gasteiger partial charge in [0.05, 0.1) is 10.5 Å². The first-order valence-electron chi connectivity index (χ1n) is 11.5. The van der Waals surface area contributed by atoms with Gasteiger partial charge in [-0.15, -0.1) is 0 Å². The summed E-state index contributed by atoms with van der Waals surface area (Å²) in [4.78, 5) is 16.6. The summed E-state index contributed by atoms with van der Waals surface area (Å²) in [7, 11) is -3.68. The number of hydrogen-bond donors (Lipinski definition) is 2. The van der Waals surface area contributed by atoms with E-state index in [9.17, 15) is 13.2 Å². The highest BCUT2D eigenvalue weighted by Crippen LogP contribution is 2.26. The molecule has 178 valence electrons. The second-order valence-corrected chi connectivity index (χ2v) is 10.2. The van der Waals surface area contributed by atoms with Crippen molar-refractivity contribution < 1.29 is 17.9 Å².